The highest BCUT2D eigenvalue weighted by Crippen LogP contribution is 2.57. The number of nitrogens with zero attached hydrogens (tertiary/aromatic N) is 6. The Hall–Kier alpha value is -4.10. The van der Waals surface area contributed by atoms with Crippen LogP contribution >= 0.6 is 0 Å². The third kappa shape index (κ3) is 5.07. The van der Waals surface area contributed by atoms with Gasteiger partial charge in [-0.05, 0) is 80.3 Å². The van der Waals surface area contributed by atoms with Gasteiger partial charge in [0, 0.05) is 36.6 Å². The monoisotopic (exact) mass is 598 g/mol. The Morgan fingerprint density at radius 1 is 1.14 bits per heavy atom. The molecule has 2 atom stereocenters. The van der Waals surface area contributed by atoms with Crippen LogP contribution in [0.25, 0.3) is 26.9 Å². The van der Waals surface area contributed by atoms with Gasteiger partial charge in [-0.2, -0.15) is 9.97 Å². The van der Waals surface area contributed by atoms with Crippen molar-refractivity contribution in [2.24, 2.45) is 5.41 Å². The van der Waals surface area contributed by atoms with Crippen LogP contribution in [0.5, 0.6) is 6.01 Å². The Bertz CT molecular complexity index is 1700. The van der Waals surface area contributed by atoms with E-state index in [2.05, 4.69) is 34.4 Å². The molecular weight excluding hydrogens is 562 g/mol. The molecule has 0 bridgehead atoms. The maximum Gasteiger partial charge on any atom is 0.319 e. The van der Waals surface area contributed by atoms with Gasteiger partial charge in [-0.1, -0.05) is 30.8 Å². The van der Waals surface area contributed by atoms with E-state index in [0.29, 0.717) is 35.3 Å². The first kappa shape index (κ1) is 28.7. The minimum Gasteiger partial charge on any atom is -0.462 e. The zero-order valence-corrected chi connectivity index (χ0v) is 25.0. The number of rotatable bonds is 7. The molecular formula is C34H36F2N6O2. The second-order valence-electron chi connectivity index (χ2n) is 12.9. The van der Waals surface area contributed by atoms with E-state index in [0.717, 1.165) is 37.8 Å². The third-order valence-corrected chi connectivity index (χ3v) is 10.1. The second kappa shape index (κ2) is 11.1. The van der Waals surface area contributed by atoms with Crippen molar-refractivity contribution >= 4 is 22.6 Å². The molecule has 44 heavy (non-hydrogen) atoms. The molecule has 228 valence electrons. The van der Waals surface area contributed by atoms with E-state index >= 15 is 4.39 Å². The normalized spacial score (nSPS) is 22.3. The summed E-state index contributed by atoms with van der Waals surface area (Å²) >= 11 is 0. The topological polar surface area (TPSA) is 66.2 Å². The largest absolute Gasteiger partial charge is 0.462 e. The van der Waals surface area contributed by atoms with Crippen LogP contribution in [-0.2, 0) is 17.6 Å². The molecule has 8 nitrogen and oxygen atoms in total. The fraction of sp³-hybridized carbons (Fsp3) is 0.471. The number of carbonyl (C=O) groups excluding carboxylic acids is 1. The van der Waals surface area contributed by atoms with E-state index in [1.165, 1.54) is 28.9 Å². The fourth-order valence-electron chi connectivity index (χ4n) is 7.37. The first-order valence-electron chi connectivity index (χ1n) is 15.4. The number of fused-ring (bicyclic) bond motifs is 2. The summed E-state index contributed by atoms with van der Waals surface area (Å²) in [6, 6.07) is 9.61. The number of anilines is 1. The lowest BCUT2D eigenvalue weighted by atomic mass is 9.95. The van der Waals surface area contributed by atoms with Crippen LogP contribution < -0.4 is 9.64 Å². The summed E-state index contributed by atoms with van der Waals surface area (Å²) in [5.74, 6) is -1.80. The van der Waals surface area contributed by atoms with Gasteiger partial charge in [-0.25, -0.2) is 15.4 Å². The minimum absolute atomic E-state index is 0.00493. The Labute approximate surface area is 256 Å². The zero-order chi connectivity index (χ0) is 30.6. The van der Waals surface area contributed by atoms with Crippen molar-refractivity contribution in [2.45, 2.75) is 50.6 Å². The number of piperazine rings is 1. The number of carbonyl (C=O) groups is 1. The van der Waals surface area contributed by atoms with Gasteiger partial charge in [0.1, 0.15) is 24.0 Å². The third-order valence-electron chi connectivity index (χ3n) is 10.1. The lowest BCUT2D eigenvalue weighted by Gasteiger charge is -2.39. The highest BCUT2D eigenvalue weighted by Gasteiger charge is 2.47. The molecule has 2 aliphatic heterocycles. The second-order valence-corrected chi connectivity index (χ2v) is 12.9. The number of hydrogen-bond donors (Lipinski definition) is 0. The van der Waals surface area contributed by atoms with E-state index in [4.69, 9.17) is 16.3 Å². The number of benzene rings is 2. The highest BCUT2D eigenvalue weighted by molar-refractivity contribution is 5.94. The molecule has 0 radical (unpaired) electrons. The van der Waals surface area contributed by atoms with Crippen molar-refractivity contribution in [3.63, 3.8) is 0 Å². The van der Waals surface area contributed by atoms with Crippen LogP contribution in [0.3, 0.4) is 0 Å². The molecule has 3 fully saturated rings. The van der Waals surface area contributed by atoms with Crippen molar-refractivity contribution < 1.29 is 18.3 Å². The Morgan fingerprint density at radius 2 is 1.98 bits per heavy atom. The minimum atomic E-state index is -1.05. The molecule has 3 heterocycles. The maximum absolute atomic E-state index is 16.7. The van der Waals surface area contributed by atoms with E-state index < -0.39 is 23.6 Å². The van der Waals surface area contributed by atoms with Gasteiger partial charge in [0.2, 0.25) is 6.54 Å². The molecule has 1 saturated carbocycles. The van der Waals surface area contributed by atoms with Crippen LogP contribution in [0.4, 0.5) is 14.6 Å². The van der Waals surface area contributed by atoms with Crippen molar-refractivity contribution in [3.05, 3.63) is 71.1 Å². The van der Waals surface area contributed by atoms with Gasteiger partial charge >= 0.3 is 6.01 Å². The molecule has 0 N–H and O–H groups in total. The van der Waals surface area contributed by atoms with Gasteiger partial charge in [-0.3, -0.25) is 4.79 Å². The summed E-state index contributed by atoms with van der Waals surface area (Å²) < 4.78 is 36.7. The standard InChI is InChI=1S/C34H36F2N6O2/c1-21(35)32(43)42-15-14-41(19-24(42)18-37-2)31-27-10-9-26(25-8-4-6-22-16-34(11-12-34)17-28(22)25)29(36)30(27)38-33(39-31)44-20-23-7-5-13-40(23)3/h4,6,8-10,23-24H,1,5,7,11-20H2,3H3/t23-,24-/m0/s1. The Morgan fingerprint density at radius 3 is 2.70 bits per heavy atom. The van der Waals surface area contributed by atoms with Gasteiger partial charge in [-0.15, -0.1) is 0 Å². The first-order chi connectivity index (χ1) is 21.3. The smallest absolute Gasteiger partial charge is 0.319 e. The lowest BCUT2D eigenvalue weighted by molar-refractivity contribution is -0.131. The van der Waals surface area contributed by atoms with Crippen LogP contribution in [-0.4, -0.2) is 84.1 Å². The summed E-state index contributed by atoms with van der Waals surface area (Å²) in [6.07, 6.45) is 6.57. The molecule has 0 unspecified atom stereocenters. The molecule has 3 aromatic rings. The van der Waals surface area contributed by atoms with E-state index in [-0.39, 0.29) is 37.2 Å². The number of hydrogen-bond acceptors (Lipinski definition) is 6. The molecule has 10 heteroatoms. The first-order valence-corrected chi connectivity index (χ1v) is 15.4. The van der Waals surface area contributed by atoms with E-state index in [1.807, 2.05) is 29.2 Å². The number of ether oxygens (including phenoxy) is 1. The highest BCUT2D eigenvalue weighted by atomic mass is 19.1. The molecule has 2 aliphatic carbocycles. The molecule has 1 spiro atoms. The predicted molar refractivity (Wildman–Crippen MR) is 165 cm³/mol. The average molecular weight is 599 g/mol. The number of likely N-dealkylation sites (N-methyl/N-ethyl adjacent to an activating group) is 1. The number of aromatic nitrogens is 2. The summed E-state index contributed by atoms with van der Waals surface area (Å²) in [6.45, 7) is 12.7. The summed E-state index contributed by atoms with van der Waals surface area (Å²) in [5, 5.41) is 0.527. The van der Waals surface area contributed by atoms with Crippen molar-refractivity contribution in [1.82, 2.24) is 19.8 Å². The fourth-order valence-corrected chi connectivity index (χ4v) is 7.37. The molecule has 4 aliphatic rings. The average Bonchev–Trinajstić information content (AvgIpc) is 3.46. The molecule has 1 aromatic heterocycles. The Kier molecular flexibility index (Phi) is 7.24. The summed E-state index contributed by atoms with van der Waals surface area (Å²) in [4.78, 5) is 30.9. The van der Waals surface area contributed by atoms with Crippen LogP contribution in [0.2, 0.25) is 0 Å². The summed E-state index contributed by atoms with van der Waals surface area (Å²) in [5.41, 5.74) is 4.50. The lowest BCUT2D eigenvalue weighted by Crippen LogP contribution is -2.56. The van der Waals surface area contributed by atoms with Gasteiger partial charge in [0.05, 0.1) is 0 Å². The zero-order valence-electron chi connectivity index (χ0n) is 25.0. The molecule has 2 saturated heterocycles. The maximum atomic E-state index is 16.7. The summed E-state index contributed by atoms with van der Waals surface area (Å²) in [7, 11) is 2.06. The Balaban J connectivity index is 1.29. The SMILES string of the molecule is [C-]#[N+]C[C@H]1CN(c2nc(OC[C@@H]3CCCN3C)nc3c(F)c(-c4cccc5c4CC4(CC4)C5)ccc23)CCN1C(=O)C(=C)F. The van der Waals surface area contributed by atoms with Gasteiger partial charge in [0.15, 0.2) is 11.6 Å². The van der Waals surface area contributed by atoms with Crippen LogP contribution in [0.1, 0.15) is 36.8 Å². The predicted octanol–water partition coefficient (Wildman–Crippen LogP) is 5.21. The van der Waals surface area contributed by atoms with Crippen molar-refractivity contribution in [3.8, 4) is 17.1 Å². The quantitative estimate of drug-likeness (QED) is 0.275. The van der Waals surface area contributed by atoms with E-state index in [1.54, 1.807) is 0 Å². The van der Waals surface area contributed by atoms with Crippen LogP contribution in [0.15, 0.2) is 42.7 Å². The van der Waals surface area contributed by atoms with Gasteiger partial charge in [0.25, 0.3) is 5.91 Å². The van der Waals surface area contributed by atoms with Crippen molar-refractivity contribution in [1.29, 1.82) is 0 Å². The molecule has 1 amide bonds. The number of amides is 1. The van der Waals surface area contributed by atoms with Crippen molar-refractivity contribution in [2.75, 3.05) is 51.3 Å². The van der Waals surface area contributed by atoms with E-state index in [9.17, 15) is 9.18 Å². The van der Waals surface area contributed by atoms with Crippen LogP contribution in [0, 0.1) is 17.8 Å². The number of halogens is 2. The van der Waals surface area contributed by atoms with Gasteiger partial charge < -0.3 is 24.3 Å². The number of likely N-dealkylation sites (tertiary alicyclic amines) is 1. The molecule has 7 rings (SSSR count). The molecule has 2 aromatic carbocycles.